The van der Waals surface area contributed by atoms with Crippen molar-refractivity contribution in [2.24, 2.45) is 0 Å². The van der Waals surface area contributed by atoms with Gasteiger partial charge in [-0.15, -0.1) is 11.3 Å². The Morgan fingerprint density at radius 3 is 1.83 bits per heavy atom. The molecule has 0 amide bonds. The summed E-state index contributed by atoms with van der Waals surface area (Å²) in [5, 5.41) is 3.28. The molecule has 0 saturated heterocycles. The number of anilines is 3. The second kappa shape index (κ2) is 6.67. The molecule has 1 aromatic heterocycles. The molecule has 0 atom stereocenters. The summed E-state index contributed by atoms with van der Waals surface area (Å²) in [5.41, 5.74) is 3.63. The molecule has 4 nitrogen and oxygen atoms in total. The van der Waals surface area contributed by atoms with E-state index in [0.29, 0.717) is 9.90 Å². The highest BCUT2D eigenvalue weighted by molar-refractivity contribution is 7.94. The summed E-state index contributed by atoms with van der Waals surface area (Å²) >= 11 is 1.26. The van der Waals surface area contributed by atoms with Gasteiger partial charge in [-0.2, -0.15) is 0 Å². The Morgan fingerprint density at radius 2 is 1.29 bits per heavy atom. The van der Waals surface area contributed by atoms with Gasteiger partial charge in [0.15, 0.2) is 0 Å². The van der Waals surface area contributed by atoms with Crippen LogP contribution < -0.4 is 10.0 Å². The Morgan fingerprint density at radius 1 is 0.750 bits per heavy atom. The van der Waals surface area contributed by atoms with Crippen LogP contribution in [0.5, 0.6) is 0 Å². The van der Waals surface area contributed by atoms with Crippen molar-refractivity contribution in [1.29, 1.82) is 0 Å². The standard InChI is InChI=1S/C18H18N2O2S2/c1-13-3-6-15(7-4-13)19-16-8-10-17(11-9-16)20-24(21,22)18-12-5-14(2)23-18/h3-12,19-20H,1-2H3. The number of nitrogens with one attached hydrogen (secondary N) is 2. The number of hydrogen-bond donors (Lipinski definition) is 2. The van der Waals surface area contributed by atoms with Gasteiger partial charge in [0.25, 0.3) is 10.0 Å². The van der Waals surface area contributed by atoms with Crippen LogP contribution >= 0.6 is 11.3 Å². The summed E-state index contributed by atoms with van der Waals surface area (Å²) < 4.78 is 27.5. The first kappa shape index (κ1) is 16.5. The van der Waals surface area contributed by atoms with Crippen molar-refractivity contribution in [2.45, 2.75) is 18.1 Å². The molecule has 2 N–H and O–H groups in total. The Labute approximate surface area is 146 Å². The van der Waals surface area contributed by atoms with E-state index in [0.717, 1.165) is 16.3 Å². The zero-order valence-corrected chi connectivity index (χ0v) is 15.0. The summed E-state index contributed by atoms with van der Waals surface area (Å²) in [7, 11) is -3.52. The zero-order chi connectivity index (χ0) is 17.2. The fourth-order valence-corrected chi connectivity index (χ4v) is 4.53. The van der Waals surface area contributed by atoms with E-state index in [2.05, 4.69) is 10.0 Å². The molecule has 3 aromatic rings. The number of hydrogen-bond acceptors (Lipinski definition) is 4. The Balaban J connectivity index is 1.71. The van der Waals surface area contributed by atoms with Gasteiger partial charge in [0.2, 0.25) is 0 Å². The van der Waals surface area contributed by atoms with Gasteiger partial charge < -0.3 is 5.32 Å². The van der Waals surface area contributed by atoms with Crippen molar-refractivity contribution in [2.75, 3.05) is 10.0 Å². The highest BCUT2D eigenvalue weighted by Gasteiger charge is 2.16. The van der Waals surface area contributed by atoms with Crippen molar-refractivity contribution in [1.82, 2.24) is 0 Å². The molecular formula is C18H18N2O2S2. The molecule has 0 bridgehead atoms. The van der Waals surface area contributed by atoms with Gasteiger partial charge in [0, 0.05) is 21.9 Å². The molecule has 0 aliphatic carbocycles. The van der Waals surface area contributed by atoms with Crippen molar-refractivity contribution < 1.29 is 8.42 Å². The monoisotopic (exact) mass is 358 g/mol. The summed E-state index contributed by atoms with van der Waals surface area (Å²) in [6.45, 7) is 3.93. The zero-order valence-electron chi connectivity index (χ0n) is 13.4. The molecule has 2 aromatic carbocycles. The lowest BCUT2D eigenvalue weighted by molar-refractivity contribution is 0.603. The van der Waals surface area contributed by atoms with Crippen LogP contribution in [0.1, 0.15) is 10.4 Å². The molecule has 0 aliphatic heterocycles. The van der Waals surface area contributed by atoms with E-state index >= 15 is 0 Å². The molecule has 124 valence electrons. The maximum Gasteiger partial charge on any atom is 0.271 e. The van der Waals surface area contributed by atoms with Gasteiger partial charge in [-0.1, -0.05) is 17.7 Å². The molecule has 3 rings (SSSR count). The third-order valence-electron chi connectivity index (χ3n) is 3.46. The van der Waals surface area contributed by atoms with Crippen LogP contribution in [-0.2, 0) is 10.0 Å². The lowest BCUT2D eigenvalue weighted by Gasteiger charge is -2.09. The number of rotatable bonds is 5. The van der Waals surface area contributed by atoms with Gasteiger partial charge >= 0.3 is 0 Å². The molecular weight excluding hydrogens is 340 g/mol. The van der Waals surface area contributed by atoms with Crippen LogP contribution in [0.2, 0.25) is 0 Å². The number of aryl methyl sites for hydroxylation is 2. The van der Waals surface area contributed by atoms with Crippen molar-refractivity contribution in [3.05, 3.63) is 71.1 Å². The van der Waals surface area contributed by atoms with Gasteiger partial charge in [0.05, 0.1) is 0 Å². The smallest absolute Gasteiger partial charge is 0.271 e. The second-order valence-corrected chi connectivity index (χ2v) is 8.74. The largest absolute Gasteiger partial charge is 0.356 e. The van der Waals surface area contributed by atoms with Crippen LogP contribution in [-0.4, -0.2) is 8.42 Å². The normalized spacial score (nSPS) is 11.2. The Bertz CT molecular complexity index is 928. The van der Waals surface area contributed by atoms with E-state index in [-0.39, 0.29) is 0 Å². The molecule has 0 saturated carbocycles. The SMILES string of the molecule is Cc1ccc(Nc2ccc(NS(=O)(=O)c3ccc(C)s3)cc2)cc1. The van der Waals surface area contributed by atoms with Crippen molar-refractivity contribution >= 4 is 38.4 Å². The number of benzene rings is 2. The lowest BCUT2D eigenvalue weighted by Crippen LogP contribution is -2.11. The molecule has 0 unspecified atom stereocenters. The van der Waals surface area contributed by atoms with Crippen molar-refractivity contribution in [3.63, 3.8) is 0 Å². The molecule has 0 spiro atoms. The topological polar surface area (TPSA) is 58.2 Å². The van der Waals surface area contributed by atoms with Crippen molar-refractivity contribution in [3.8, 4) is 0 Å². The third-order valence-corrected chi connectivity index (χ3v) is 6.33. The highest BCUT2D eigenvalue weighted by atomic mass is 32.2. The van der Waals surface area contributed by atoms with E-state index in [4.69, 9.17) is 0 Å². The Kier molecular flexibility index (Phi) is 4.59. The maximum absolute atomic E-state index is 12.3. The van der Waals surface area contributed by atoms with Crippen LogP contribution in [0, 0.1) is 13.8 Å². The minimum absolute atomic E-state index is 0.321. The highest BCUT2D eigenvalue weighted by Crippen LogP contribution is 2.25. The fraction of sp³-hybridized carbons (Fsp3) is 0.111. The second-order valence-electron chi connectivity index (χ2n) is 5.54. The molecule has 0 fully saturated rings. The van der Waals surface area contributed by atoms with Crippen LogP contribution in [0.4, 0.5) is 17.1 Å². The van der Waals surface area contributed by atoms with E-state index in [1.54, 1.807) is 24.3 Å². The van der Waals surface area contributed by atoms with Crippen LogP contribution in [0.3, 0.4) is 0 Å². The number of sulfonamides is 1. The van der Waals surface area contributed by atoms with Gasteiger partial charge in [0.1, 0.15) is 4.21 Å². The first-order chi connectivity index (χ1) is 11.4. The summed E-state index contributed by atoms with van der Waals surface area (Å²) in [6, 6.07) is 18.7. The first-order valence-electron chi connectivity index (χ1n) is 7.45. The van der Waals surface area contributed by atoms with E-state index < -0.39 is 10.0 Å². The summed E-state index contributed by atoms with van der Waals surface area (Å²) in [6.07, 6.45) is 0. The Hall–Kier alpha value is -2.31. The predicted octanol–water partition coefficient (Wildman–Crippen LogP) is 4.91. The summed E-state index contributed by atoms with van der Waals surface area (Å²) in [5.74, 6) is 0. The molecule has 1 heterocycles. The molecule has 6 heteroatoms. The maximum atomic E-state index is 12.3. The first-order valence-corrected chi connectivity index (χ1v) is 9.75. The van der Waals surface area contributed by atoms with E-state index in [1.165, 1.54) is 16.9 Å². The predicted molar refractivity (Wildman–Crippen MR) is 101 cm³/mol. The lowest BCUT2D eigenvalue weighted by atomic mass is 10.2. The van der Waals surface area contributed by atoms with E-state index in [1.807, 2.05) is 50.2 Å². The third kappa shape index (κ3) is 3.96. The van der Waals surface area contributed by atoms with Gasteiger partial charge in [-0.25, -0.2) is 8.42 Å². The van der Waals surface area contributed by atoms with E-state index in [9.17, 15) is 8.42 Å². The fourth-order valence-electron chi connectivity index (χ4n) is 2.19. The average molecular weight is 358 g/mol. The minimum atomic E-state index is -3.52. The summed E-state index contributed by atoms with van der Waals surface area (Å²) in [4.78, 5) is 0.966. The minimum Gasteiger partial charge on any atom is -0.356 e. The van der Waals surface area contributed by atoms with Gasteiger partial charge in [-0.05, 0) is 62.4 Å². The number of thiophene rings is 1. The van der Waals surface area contributed by atoms with Crippen LogP contribution in [0.25, 0.3) is 0 Å². The average Bonchev–Trinajstić information content (AvgIpc) is 2.99. The van der Waals surface area contributed by atoms with Gasteiger partial charge in [-0.3, -0.25) is 4.72 Å². The van der Waals surface area contributed by atoms with Crippen LogP contribution in [0.15, 0.2) is 64.9 Å². The molecule has 0 radical (unpaired) electrons. The quantitative estimate of drug-likeness (QED) is 0.681. The molecule has 24 heavy (non-hydrogen) atoms. The molecule has 0 aliphatic rings.